The third-order valence-corrected chi connectivity index (χ3v) is 5.30. The molecule has 0 radical (unpaired) electrons. The third-order valence-electron chi connectivity index (χ3n) is 4.85. The van der Waals surface area contributed by atoms with E-state index in [-0.39, 0.29) is 0 Å². The minimum Gasteiger partial charge on any atom is -0.493 e. The molecule has 0 spiro atoms. The minimum atomic E-state index is -0.542. The van der Waals surface area contributed by atoms with Crippen LogP contribution >= 0.6 is 15.9 Å². The molecule has 20 heavy (non-hydrogen) atoms. The van der Waals surface area contributed by atoms with Gasteiger partial charge in [0.2, 0.25) is 0 Å². The molecule has 0 amide bonds. The molecule has 3 rings (SSSR count). The molecule has 2 unspecified atom stereocenters. The number of hydrogen-bond donors (Lipinski definition) is 1. The molecule has 2 atom stereocenters. The second-order valence-electron chi connectivity index (χ2n) is 6.42. The van der Waals surface area contributed by atoms with Crippen LogP contribution in [-0.4, -0.2) is 17.3 Å². The first-order valence-corrected chi connectivity index (χ1v) is 8.55. The highest BCUT2D eigenvalue weighted by molar-refractivity contribution is 9.10. The quantitative estimate of drug-likeness (QED) is 0.892. The van der Waals surface area contributed by atoms with Gasteiger partial charge < -0.3 is 9.84 Å². The SMILES string of the molecule is CCC1CCCC(O)(Cc2cc(Br)cc3c2OCC3)C1. The Morgan fingerprint density at radius 3 is 3.10 bits per heavy atom. The average molecular weight is 339 g/mol. The van der Waals surface area contributed by atoms with E-state index < -0.39 is 5.60 Å². The monoisotopic (exact) mass is 338 g/mol. The summed E-state index contributed by atoms with van der Waals surface area (Å²) >= 11 is 3.59. The Morgan fingerprint density at radius 1 is 1.45 bits per heavy atom. The lowest BCUT2D eigenvalue weighted by molar-refractivity contribution is -0.0165. The normalized spacial score (nSPS) is 29.1. The topological polar surface area (TPSA) is 29.5 Å². The molecule has 1 aliphatic carbocycles. The Morgan fingerprint density at radius 2 is 2.30 bits per heavy atom. The fourth-order valence-corrected chi connectivity index (χ4v) is 4.35. The van der Waals surface area contributed by atoms with E-state index in [4.69, 9.17) is 4.74 Å². The second kappa shape index (κ2) is 5.69. The number of halogens is 1. The summed E-state index contributed by atoms with van der Waals surface area (Å²) in [7, 11) is 0. The molecule has 1 heterocycles. The highest BCUT2D eigenvalue weighted by Gasteiger charge is 2.35. The van der Waals surface area contributed by atoms with E-state index in [9.17, 15) is 5.11 Å². The number of hydrogen-bond acceptors (Lipinski definition) is 2. The highest BCUT2D eigenvalue weighted by Crippen LogP contribution is 2.40. The molecule has 2 aliphatic rings. The van der Waals surface area contributed by atoms with Crippen molar-refractivity contribution in [2.45, 2.75) is 57.5 Å². The zero-order valence-corrected chi connectivity index (χ0v) is 13.7. The van der Waals surface area contributed by atoms with E-state index >= 15 is 0 Å². The summed E-state index contributed by atoms with van der Waals surface area (Å²) in [6, 6.07) is 4.27. The van der Waals surface area contributed by atoms with Gasteiger partial charge in [0, 0.05) is 17.3 Å². The predicted octanol–water partition coefficient (Wildman–Crippen LogP) is 4.26. The van der Waals surface area contributed by atoms with Crippen LogP contribution in [0.5, 0.6) is 5.75 Å². The van der Waals surface area contributed by atoms with Crippen molar-refractivity contribution in [3.8, 4) is 5.75 Å². The summed E-state index contributed by atoms with van der Waals surface area (Å²) in [5, 5.41) is 11.0. The third kappa shape index (κ3) is 2.89. The Hall–Kier alpha value is -0.540. The zero-order valence-electron chi connectivity index (χ0n) is 12.1. The first kappa shape index (κ1) is 14.4. The van der Waals surface area contributed by atoms with Crippen LogP contribution in [0.25, 0.3) is 0 Å². The van der Waals surface area contributed by atoms with Crippen LogP contribution in [0.2, 0.25) is 0 Å². The van der Waals surface area contributed by atoms with Crippen LogP contribution in [0.3, 0.4) is 0 Å². The van der Waals surface area contributed by atoms with Gasteiger partial charge in [-0.25, -0.2) is 0 Å². The second-order valence-corrected chi connectivity index (χ2v) is 7.34. The molecule has 1 N–H and O–H groups in total. The first-order valence-electron chi connectivity index (χ1n) is 7.76. The van der Waals surface area contributed by atoms with E-state index in [2.05, 4.69) is 35.0 Å². The van der Waals surface area contributed by atoms with Gasteiger partial charge in [0.05, 0.1) is 12.2 Å². The molecule has 2 nitrogen and oxygen atoms in total. The van der Waals surface area contributed by atoms with Gasteiger partial charge in [-0.1, -0.05) is 42.1 Å². The van der Waals surface area contributed by atoms with Gasteiger partial charge in [0.15, 0.2) is 0 Å². The number of ether oxygens (including phenoxy) is 1. The Bertz CT molecular complexity index is 500. The Labute approximate surface area is 129 Å². The summed E-state index contributed by atoms with van der Waals surface area (Å²) in [6.07, 6.45) is 7.16. The summed E-state index contributed by atoms with van der Waals surface area (Å²) in [6.45, 7) is 3.01. The molecule has 0 saturated heterocycles. The average Bonchev–Trinajstić information content (AvgIpc) is 2.86. The smallest absolute Gasteiger partial charge is 0.125 e. The zero-order chi connectivity index (χ0) is 14.2. The van der Waals surface area contributed by atoms with Crippen molar-refractivity contribution in [1.82, 2.24) is 0 Å². The van der Waals surface area contributed by atoms with E-state index in [0.717, 1.165) is 48.9 Å². The van der Waals surface area contributed by atoms with Gasteiger partial charge >= 0.3 is 0 Å². The van der Waals surface area contributed by atoms with Gasteiger partial charge in [-0.15, -0.1) is 0 Å². The molecule has 1 aliphatic heterocycles. The van der Waals surface area contributed by atoms with Crippen LogP contribution in [0.4, 0.5) is 0 Å². The predicted molar refractivity (Wildman–Crippen MR) is 84.2 cm³/mol. The van der Waals surface area contributed by atoms with Crippen LogP contribution in [0, 0.1) is 5.92 Å². The summed E-state index contributed by atoms with van der Waals surface area (Å²) in [5.74, 6) is 1.70. The minimum absolute atomic E-state index is 0.542. The van der Waals surface area contributed by atoms with Gasteiger partial charge in [0.1, 0.15) is 5.75 Å². The van der Waals surface area contributed by atoms with Crippen LogP contribution in [0.1, 0.15) is 50.2 Å². The molecule has 0 bridgehead atoms. The molecule has 3 heteroatoms. The van der Waals surface area contributed by atoms with Gasteiger partial charge in [-0.2, -0.15) is 0 Å². The Balaban J connectivity index is 1.84. The fourth-order valence-electron chi connectivity index (χ4n) is 3.80. The van der Waals surface area contributed by atoms with E-state index in [0.29, 0.717) is 5.92 Å². The van der Waals surface area contributed by atoms with E-state index in [1.807, 2.05) is 0 Å². The van der Waals surface area contributed by atoms with Gasteiger partial charge in [0.25, 0.3) is 0 Å². The maximum Gasteiger partial charge on any atom is 0.125 e. The maximum absolute atomic E-state index is 11.0. The lowest BCUT2D eigenvalue weighted by atomic mass is 9.74. The van der Waals surface area contributed by atoms with Crippen molar-refractivity contribution in [3.05, 3.63) is 27.7 Å². The molecule has 1 saturated carbocycles. The number of benzene rings is 1. The maximum atomic E-state index is 11.0. The van der Waals surface area contributed by atoms with Crippen LogP contribution < -0.4 is 4.74 Å². The highest BCUT2D eigenvalue weighted by atomic mass is 79.9. The number of rotatable bonds is 3. The van der Waals surface area contributed by atoms with Crippen molar-refractivity contribution in [2.24, 2.45) is 5.92 Å². The van der Waals surface area contributed by atoms with Gasteiger partial charge in [-0.05, 0) is 42.0 Å². The Kier molecular flexibility index (Phi) is 4.09. The van der Waals surface area contributed by atoms with Crippen molar-refractivity contribution >= 4 is 15.9 Å². The van der Waals surface area contributed by atoms with E-state index in [1.54, 1.807) is 0 Å². The summed E-state index contributed by atoms with van der Waals surface area (Å²) in [4.78, 5) is 0. The number of fused-ring (bicyclic) bond motifs is 1. The lowest BCUT2D eigenvalue weighted by Crippen LogP contribution is -2.37. The molecule has 110 valence electrons. The first-order chi connectivity index (χ1) is 9.59. The van der Waals surface area contributed by atoms with Crippen molar-refractivity contribution in [1.29, 1.82) is 0 Å². The van der Waals surface area contributed by atoms with Crippen molar-refractivity contribution < 1.29 is 9.84 Å². The van der Waals surface area contributed by atoms with E-state index in [1.165, 1.54) is 24.0 Å². The molecule has 1 fully saturated rings. The molecular formula is C17H23BrO2. The standard InChI is InChI=1S/C17H23BrO2/c1-2-12-4-3-6-17(19,10-12)11-14-9-15(18)8-13-5-7-20-16(13)14/h8-9,12,19H,2-7,10-11H2,1H3. The van der Waals surface area contributed by atoms with Crippen LogP contribution in [-0.2, 0) is 12.8 Å². The van der Waals surface area contributed by atoms with Gasteiger partial charge in [-0.3, -0.25) is 0 Å². The van der Waals surface area contributed by atoms with Crippen LogP contribution in [0.15, 0.2) is 16.6 Å². The fraction of sp³-hybridized carbons (Fsp3) is 0.647. The largest absolute Gasteiger partial charge is 0.493 e. The lowest BCUT2D eigenvalue weighted by Gasteiger charge is -2.37. The molecule has 0 aromatic heterocycles. The number of aliphatic hydroxyl groups is 1. The molecule has 1 aromatic carbocycles. The summed E-state index contributed by atoms with van der Waals surface area (Å²) < 4.78 is 6.89. The summed E-state index contributed by atoms with van der Waals surface area (Å²) in [5.41, 5.74) is 1.91. The molecular weight excluding hydrogens is 316 g/mol. The van der Waals surface area contributed by atoms with Crippen molar-refractivity contribution in [2.75, 3.05) is 6.61 Å². The van der Waals surface area contributed by atoms with Crippen molar-refractivity contribution in [3.63, 3.8) is 0 Å². The molecule has 1 aromatic rings.